The molecule has 0 aliphatic heterocycles. The normalized spacial score (nSPS) is 12.0. The Morgan fingerprint density at radius 3 is 2.38 bits per heavy atom. The van der Waals surface area contributed by atoms with Gasteiger partial charge in [0.25, 0.3) is 0 Å². The second-order valence-corrected chi connectivity index (χ2v) is 5.59. The zero-order chi connectivity index (χ0) is 15.2. The smallest absolute Gasteiger partial charge is 0.122 e. The summed E-state index contributed by atoms with van der Waals surface area (Å²) < 4.78 is 6.11. The number of hydrogen-bond acceptors (Lipinski definition) is 2. The van der Waals surface area contributed by atoms with Crippen LogP contribution in [-0.2, 0) is 0 Å². The van der Waals surface area contributed by atoms with Crippen LogP contribution in [0.4, 0.5) is 5.69 Å². The Morgan fingerprint density at radius 2 is 1.71 bits per heavy atom. The van der Waals surface area contributed by atoms with Crippen LogP contribution in [0, 0.1) is 20.8 Å². The van der Waals surface area contributed by atoms with Crippen molar-refractivity contribution < 1.29 is 4.74 Å². The summed E-state index contributed by atoms with van der Waals surface area (Å²) in [6, 6.07) is 14.6. The van der Waals surface area contributed by atoms with Gasteiger partial charge in [-0.2, -0.15) is 0 Å². The molecule has 2 rings (SSSR count). The number of aryl methyl sites for hydroxylation is 3. The molecule has 0 bridgehead atoms. The zero-order valence-electron chi connectivity index (χ0n) is 13.4. The minimum absolute atomic E-state index is 0.174. The average molecular weight is 283 g/mol. The zero-order valence-corrected chi connectivity index (χ0v) is 13.4. The monoisotopic (exact) mass is 283 g/mol. The fraction of sp³-hybridized carbons (Fsp3) is 0.368. The lowest BCUT2D eigenvalue weighted by molar-refractivity contribution is 0.208. The first-order valence-electron chi connectivity index (χ1n) is 7.63. The van der Waals surface area contributed by atoms with Crippen molar-refractivity contribution in [1.82, 2.24) is 0 Å². The molecular weight excluding hydrogens is 258 g/mol. The average Bonchev–Trinajstić information content (AvgIpc) is 2.49. The van der Waals surface area contributed by atoms with Crippen LogP contribution in [0.1, 0.15) is 30.0 Å². The van der Waals surface area contributed by atoms with E-state index >= 15 is 0 Å². The first-order valence-corrected chi connectivity index (χ1v) is 7.63. The summed E-state index contributed by atoms with van der Waals surface area (Å²) in [6.45, 7) is 9.33. The van der Waals surface area contributed by atoms with Crippen LogP contribution in [0.3, 0.4) is 0 Å². The molecule has 0 aromatic heterocycles. The molecule has 0 aliphatic rings. The van der Waals surface area contributed by atoms with Gasteiger partial charge in [-0.1, -0.05) is 31.2 Å². The SMILES string of the molecule is CCC(CNc1ccc(C)c(C)c1)Oc1ccccc1C. The topological polar surface area (TPSA) is 21.3 Å². The molecule has 0 saturated carbocycles. The highest BCUT2D eigenvalue weighted by Crippen LogP contribution is 2.19. The number of anilines is 1. The van der Waals surface area contributed by atoms with Gasteiger partial charge in [-0.05, 0) is 62.1 Å². The molecule has 0 saturated heterocycles. The largest absolute Gasteiger partial charge is 0.488 e. The highest BCUT2D eigenvalue weighted by Gasteiger charge is 2.09. The van der Waals surface area contributed by atoms with Crippen LogP contribution in [0.15, 0.2) is 42.5 Å². The number of hydrogen-bond donors (Lipinski definition) is 1. The summed E-state index contributed by atoms with van der Waals surface area (Å²) in [5, 5.41) is 3.48. The van der Waals surface area contributed by atoms with E-state index in [2.05, 4.69) is 57.3 Å². The Morgan fingerprint density at radius 1 is 0.952 bits per heavy atom. The summed E-state index contributed by atoms with van der Waals surface area (Å²) in [5.41, 5.74) is 4.98. The Hall–Kier alpha value is -1.96. The summed E-state index contributed by atoms with van der Waals surface area (Å²) in [4.78, 5) is 0. The number of benzene rings is 2. The first-order chi connectivity index (χ1) is 10.1. The molecular formula is C19H25NO. The van der Waals surface area contributed by atoms with Gasteiger partial charge in [0, 0.05) is 5.69 Å². The Kier molecular flexibility index (Phi) is 5.26. The first kappa shape index (κ1) is 15.4. The Bertz CT molecular complexity index is 592. The summed E-state index contributed by atoms with van der Waals surface area (Å²) in [7, 11) is 0. The van der Waals surface area contributed by atoms with Crippen molar-refractivity contribution in [3.63, 3.8) is 0 Å². The van der Waals surface area contributed by atoms with Crippen molar-refractivity contribution >= 4 is 5.69 Å². The van der Waals surface area contributed by atoms with E-state index in [0.717, 1.165) is 24.4 Å². The molecule has 1 unspecified atom stereocenters. The van der Waals surface area contributed by atoms with Crippen LogP contribution >= 0.6 is 0 Å². The van der Waals surface area contributed by atoms with E-state index in [0.29, 0.717) is 0 Å². The van der Waals surface area contributed by atoms with E-state index in [1.165, 1.54) is 16.7 Å². The summed E-state index contributed by atoms with van der Waals surface area (Å²) >= 11 is 0. The number of ether oxygens (including phenoxy) is 1. The highest BCUT2D eigenvalue weighted by atomic mass is 16.5. The molecule has 0 amide bonds. The van der Waals surface area contributed by atoms with Crippen LogP contribution in [-0.4, -0.2) is 12.6 Å². The predicted molar refractivity (Wildman–Crippen MR) is 90.3 cm³/mol. The molecule has 1 atom stereocenters. The van der Waals surface area contributed by atoms with E-state index < -0.39 is 0 Å². The van der Waals surface area contributed by atoms with Crippen molar-refractivity contribution in [2.75, 3.05) is 11.9 Å². The van der Waals surface area contributed by atoms with E-state index in [1.807, 2.05) is 18.2 Å². The molecule has 0 fully saturated rings. The van der Waals surface area contributed by atoms with Gasteiger partial charge in [0.1, 0.15) is 11.9 Å². The molecule has 112 valence electrons. The van der Waals surface area contributed by atoms with Crippen LogP contribution < -0.4 is 10.1 Å². The van der Waals surface area contributed by atoms with Crippen molar-refractivity contribution in [2.45, 2.75) is 40.2 Å². The highest BCUT2D eigenvalue weighted by molar-refractivity contribution is 5.48. The Balaban J connectivity index is 1.96. The van der Waals surface area contributed by atoms with Crippen LogP contribution in [0.25, 0.3) is 0 Å². The molecule has 21 heavy (non-hydrogen) atoms. The van der Waals surface area contributed by atoms with Gasteiger partial charge in [0.05, 0.1) is 6.54 Å². The van der Waals surface area contributed by atoms with Crippen LogP contribution in [0.2, 0.25) is 0 Å². The quantitative estimate of drug-likeness (QED) is 0.815. The van der Waals surface area contributed by atoms with Crippen molar-refractivity contribution in [3.05, 3.63) is 59.2 Å². The van der Waals surface area contributed by atoms with Gasteiger partial charge in [-0.25, -0.2) is 0 Å². The minimum Gasteiger partial charge on any atom is -0.488 e. The van der Waals surface area contributed by atoms with Gasteiger partial charge in [-0.15, -0.1) is 0 Å². The third-order valence-corrected chi connectivity index (χ3v) is 3.88. The predicted octanol–water partition coefficient (Wildman–Crippen LogP) is 4.88. The molecule has 2 heteroatoms. The maximum Gasteiger partial charge on any atom is 0.122 e. The fourth-order valence-corrected chi connectivity index (χ4v) is 2.22. The molecule has 2 aromatic rings. The van der Waals surface area contributed by atoms with Crippen molar-refractivity contribution in [1.29, 1.82) is 0 Å². The van der Waals surface area contributed by atoms with Gasteiger partial charge in [0.2, 0.25) is 0 Å². The second-order valence-electron chi connectivity index (χ2n) is 5.59. The lowest BCUT2D eigenvalue weighted by Crippen LogP contribution is -2.25. The van der Waals surface area contributed by atoms with E-state index in [1.54, 1.807) is 0 Å². The third kappa shape index (κ3) is 4.25. The maximum absolute atomic E-state index is 6.11. The van der Waals surface area contributed by atoms with Gasteiger partial charge in [-0.3, -0.25) is 0 Å². The third-order valence-electron chi connectivity index (χ3n) is 3.88. The molecule has 0 spiro atoms. The van der Waals surface area contributed by atoms with Crippen molar-refractivity contribution in [2.24, 2.45) is 0 Å². The summed E-state index contributed by atoms with van der Waals surface area (Å²) in [6.07, 6.45) is 1.15. The van der Waals surface area contributed by atoms with Crippen LogP contribution in [0.5, 0.6) is 5.75 Å². The summed E-state index contributed by atoms with van der Waals surface area (Å²) in [5.74, 6) is 0.978. The molecule has 0 heterocycles. The number of rotatable bonds is 6. The van der Waals surface area contributed by atoms with Gasteiger partial charge < -0.3 is 10.1 Å². The van der Waals surface area contributed by atoms with E-state index in [4.69, 9.17) is 4.74 Å². The molecule has 0 aliphatic carbocycles. The number of para-hydroxylation sites is 1. The van der Waals surface area contributed by atoms with Gasteiger partial charge >= 0.3 is 0 Å². The molecule has 2 aromatic carbocycles. The Labute approximate surface area is 128 Å². The van der Waals surface area contributed by atoms with Gasteiger partial charge in [0.15, 0.2) is 0 Å². The molecule has 2 nitrogen and oxygen atoms in total. The fourth-order valence-electron chi connectivity index (χ4n) is 2.22. The second kappa shape index (κ2) is 7.16. The molecule has 1 N–H and O–H groups in total. The number of nitrogens with one attached hydrogen (secondary N) is 1. The lowest BCUT2D eigenvalue weighted by atomic mass is 10.1. The standard InChI is InChI=1S/C19H25NO/c1-5-18(21-19-9-7-6-8-15(19)3)13-20-17-11-10-14(2)16(4)12-17/h6-12,18,20H,5,13H2,1-4H3. The van der Waals surface area contributed by atoms with E-state index in [-0.39, 0.29) is 6.10 Å². The maximum atomic E-state index is 6.11. The minimum atomic E-state index is 0.174. The van der Waals surface area contributed by atoms with Crippen molar-refractivity contribution in [3.8, 4) is 5.75 Å². The van der Waals surface area contributed by atoms with E-state index in [9.17, 15) is 0 Å². The lowest BCUT2D eigenvalue weighted by Gasteiger charge is -2.20. The molecule has 0 radical (unpaired) electrons.